The summed E-state index contributed by atoms with van der Waals surface area (Å²) in [6, 6.07) is 0. The lowest BCUT2D eigenvalue weighted by Gasteiger charge is -2.22. The lowest BCUT2D eigenvalue weighted by atomic mass is 10.0. The van der Waals surface area contributed by atoms with Gasteiger partial charge in [-0.05, 0) is 12.8 Å². The number of nitrogens with two attached hydrogens (primary N) is 1. The molecule has 1 saturated carbocycles. The van der Waals surface area contributed by atoms with E-state index in [0.717, 1.165) is 19.3 Å². The summed E-state index contributed by atoms with van der Waals surface area (Å²) < 4.78 is 28.6. The van der Waals surface area contributed by atoms with Crippen LogP contribution >= 0.6 is 0 Å². The van der Waals surface area contributed by atoms with E-state index < -0.39 is 15.3 Å². The summed E-state index contributed by atoms with van der Waals surface area (Å²) in [5.41, 5.74) is 5.78. The predicted molar refractivity (Wildman–Crippen MR) is 75.1 cm³/mol. The van der Waals surface area contributed by atoms with Crippen molar-refractivity contribution in [3.8, 4) is 0 Å². The van der Waals surface area contributed by atoms with Gasteiger partial charge >= 0.3 is 0 Å². The van der Waals surface area contributed by atoms with Gasteiger partial charge in [-0.2, -0.15) is 5.10 Å². The number of sulfonamides is 1. The smallest absolute Gasteiger partial charge is 0.236 e. The Morgan fingerprint density at radius 3 is 2.75 bits per heavy atom. The van der Waals surface area contributed by atoms with Crippen molar-refractivity contribution in [1.82, 2.24) is 9.78 Å². The van der Waals surface area contributed by atoms with Gasteiger partial charge in [0.1, 0.15) is 5.82 Å². The molecule has 0 unspecified atom stereocenters. The zero-order valence-corrected chi connectivity index (χ0v) is 12.1. The Morgan fingerprint density at radius 1 is 1.50 bits per heavy atom. The van der Waals surface area contributed by atoms with Crippen molar-refractivity contribution in [2.75, 3.05) is 4.72 Å². The molecular formula is C11H19N5O3S. The fourth-order valence-electron chi connectivity index (χ4n) is 2.39. The lowest BCUT2D eigenvalue weighted by Crippen LogP contribution is -2.31. The highest BCUT2D eigenvalue weighted by Gasteiger charge is 2.29. The van der Waals surface area contributed by atoms with Crippen molar-refractivity contribution in [3.05, 3.63) is 11.8 Å². The minimum atomic E-state index is -3.50. The molecule has 1 fully saturated rings. The second kappa shape index (κ2) is 5.70. The average Bonchev–Trinajstić information content (AvgIpc) is 2.80. The SMILES string of the molecule is Cn1ncc(C(N)=NO)c1NS(=O)(=O)C1CCCCC1. The Hall–Kier alpha value is -1.77. The molecule has 0 saturated heterocycles. The highest BCUT2D eigenvalue weighted by atomic mass is 32.2. The molecule has 112 valence electrons. The lowest BCUT2D eigenvalue weighted by molar-refractivity contribution is 0.318. The van der Waals surface area contributed by atoms with E-state index in [0.29, 0.717) is 12.8 Å². The Kier molecular flexibility index (Phi) is 4.17. The zero-order chi connectivity index (χ0) is 14.8. The number of hydrogen-bond donors (Lipinski definition) is 3. The van der Waals surface area contributed by atoms with E-state index in [2.05, 4.69) is 15.0 Å². The highest BCUT2D eigenvalue weighted by Crippen LogP contribution is 2.26. The first-order chi connectivity index (χ1) is 9.45. The topological polar surface area (TPSA) is 123 Å². The van der Waals surface area contributed by atoms with Gasteiger partial charge in [0.15, 0.2) is 5.84 Å². The van der Waals surface area contributed by atoms with Gasteiger partial charge < -0.3 is 10.9 Å². The van der Waals surface area contributed by atoms with Crippen LogP contribution in [0, 0.1) is 0 Å². The number of aryl methyl sites for hydroxylation is 1. The van der Waals surface area contributed by atoms with Crippen molar-refractivity contribution in [1.29, 1.82) is 0 Å². The summed E-state index contributed by atoms with van der Waals surface area (Å²) in [5.74, 6) is 0.0327. The monoisotopic (exact) mass is 301 g/mol. The average molecular weight is 301 g/mol. The first-order valence-electron chi connectivity index (χ1n) is 6.47. The molecule has 0 bridgehead atoms. The number of rotatable bonds is 4. The first kappa shape index (κ1) is 14.6. The van der Waals surface area contributed by atoms with Gasteiger partial charge in [-0.25, -0.2) is 8.42 Å². The number of nitrogens with zero attached hydrogens (tertiary/aromatic N) is 3. The second-order valence-corrected chi connectivity index (χ2v) is 6.88. The molecule has 0 aromatic carbocycles. The van der Waals surface area contributed by atoms with Crippen molar-refractivity contribution < 1.29 is 13.6 Å². The largest absolute Gasteiger partial charge is 0.409 e. The fraction of sp³-hybridized carbons (Fsp3) is 0.636. The van der Waals surface area contributed by atoms with Crippen LogP contribution in [0.15, 0.2) is 11.4 Å². The minimum Gasteiger partial charge on any atom is -0.409 e. The van der Waals surface area contributed by atoms with Gasteiger partial charge in [-0.3, -0.25) is 9.40 Å². The fourth-order valence-corrected chi connectivity index (χ4v) is 4.03. The van der Waals surface area contributed by atoms with Gasteiger partial charge in [0.05, 0.1) is 17.0 Å². The maximum Gasteiger partial charge on any atom is 0.236 e. The highest BCUT2D eigenvalue weighted by molar-refractivity contribution is 7.93. The number of aromatic nitrogens is 2. The zero-order valence-electron chi connectivity index (χ0n) is 11.3. The Bertz CT molecular complexity index is 602. The molecule has 1 heterocycles. The number of amidine groups is 1. The van der Waals surface area contributed by atoms with E-state index in [-0.39, 0.29) is 17.2 Å². The Labute approximate surface area is 117 Å². The van der Waals surface area contributed by atoms with E-state index in [1.165, 1.54) is 10.9 Å². The molecule has 9 heteroatoms. The van der Waals surface area contributed by atoms with Gasteiger partial charge in [0, 0.05) is 7.05 Å². The second-order valence-electron chi connectivity index (χ2n) is 4.92. The molecule has 1 aliphatic rings. The number of nitrogens with one attached hydrogen (secondary N) is 1. The van der Waals surface area contributed by atoms with Crippen LogP contribution < -0.4 is 10.5 Å². The third-order valence-corrected chi connectivity index (χ3v) is 5.38. The van der Waals surface area contributed by atoms with Crippen LogP contribution in [-0.2, 0) is 17.1 Å². The summed E-state index contributed by atoms with van der Waals surface area (Å²) in [6.07, 6.45) is 5.59. The van der Waals surface area contributed by atoms with Crippen LogP contribution in [-0.4, -0.2) is 34.5 Å². The number of anilines is 1. The van der Waals surface area contributed by atoms with E-state index in [1.54, 1.807) is 7.05 Å². The van der Waals surface area contributed by atoms with E-state index in [1.807, 2.05) is 0 Å². The normalized spacial score (nSPS) is 18.1. The maximum atomic E-state index is 12.4. The van der Waals surface area contributed by atoms with Gasteiger partial charge in [-0.15, -0.1) is 0 Å². The molecule has 0 radical (unpaired) electrons. The molecule has 1 aromatic heterocycles. The standard InChI is InChI=1S/C11H19N5O3S/c1-16-11(9(7-13-16)10(12)14-17)15-20(18,19)8-5-3-2-4-6-8/h7-8,15,17H,2-6H2,1H3,(H2,12,14). The number of oxime groups is 1. The third kappa shape index (κ3) is 2.87. The molecule has 0 aliphatic heterocycles. The van der Waals surface area contributed by atoms with E-state index in [9.17, 15) is 8.42 Å². The van der Waals surface area contributed by atoms with E-state index in [4.69, 9.17) is 10.9 Å². The van der Waals surface area contributed by atoms with Crippen molar-refractivity contribution in [3.63, 3.8) is 0 Å². The summed E-state index contributed by atoms with van der Waals surface area (Å²) >= 11 is 0. The number of hydrogen-bond acceptors (Lipinski definition) is 5. The molecular weight excluding hydrogens is 282 g/mol. The molecule has 0 spiro atoms. The molecule has 4 N–H and O–H groups in total. The van der Waals surface area contributed by atoms with Crippen LogP contribution in [0.2, 0.25) is 0 Å². The first-order valence-corrected chi connectivity index (χ1v) is 8.02. The molecule has 2 rings (SSSR count). The Balaban J connectivity index is 2.27. The quantitative estimate of drug-likeness (QED) is 0.325. The van der Waals surface area contributed by atoms with Gasteiger partial charge in [0.25, 0.3) is 0 Å². The molecule has 0 atom stereocenters. The van der Waals surface area contributed by atoms with Gasteiger partial charge in [-0.1, -0.05) is 24.4 Å². The van der Waals surface area contributed by atoms with Gasteiger partial charge in [0.2, 0.25) is 10.0 Å². The van der Waals surface area contributed by atoms with E-state index >= 15 is 0 Å². The summed E-state index contributed by atoms with van der Waals surface area (Å²) in [5, 5.41) is 15.1. The summed E-state index contributed by atoms with van der Waals surface area (Å²) in [7, 11) is -1.91. The van der Waals surface area contributed by atoms with Crippen molar-refractivity contribution >= 4 is 21.7 Å². The third-order valence-electron chi connectivity index (χ3n) is 3.55. The molecule has 20 heavy (non-hydrogen) atoms. The maximum absolute atomic E-state index is 12.4. The predicted octanol–water partition coefficient (Wildman–Crippen LogP) is 0.589. The van der Waals surface area contributed by atoms with Crippen molar-refractivity contribution in [2.45, 2.75) is 37.4 Å². The van der Waals surface area contributed by atoms with Crippen LogP contribution in [0.25, 0.3) is 0 Å². The molecule has 1 aliphatic carbocycles. The van der Waals surface area contributed by atoms with Crippen LogP contribution in [0.3, 0.4) is 0 Å². The summed E-state index contributed by atoms with van der Waals surface area (Å²) in [6.45, 7) is 0. The molecule has 8 nitrogen and oxygen atoms in total. The minimum absolute atomic E-state index is 0.181. The van der Waals surface area contributed by atoms with Crippen LogP contribution in [0.1, 0.15) is 37.7 Å². The van der Waals surface area contributed by atoms with Crippen LogP contribution in [0.4, 0.5) is 5.82 Å². The van der Waals surface area contributed by atoms with Crippen LogP contribution in [0.5, 0.6) is 0 Å². The summed E-state index contributed by atoms with van der Waals surface area (Å²) in [4.78, 5) is 0. The Morgan fingerprint density at radius 2 is 2.15 bits per heavy atom. The molecule has 0 amide bonds. The molecule has 1 aromatic rings. The van der Waals surface area contributed by atoms with Crippen molar-refractivity contribution in [2.24, 2.45) is 17.9 Å².